The number of alkyl carbamates (subject to hydrolysis) is 1. The van der Waals surface area contributed by atoms with Crippen LogP contribution in [0.25, 0.3) is 0 Å². The highest BCUT2D eigenvalue weighted by molar-refractivity contribution is 5.69. The third-order valence-electron chi connectivity index (χ3n) is 3.32. The van der Waals surface area contributed by atoms with E-state index in [0.717, 1.165) is 6.42 Å². The number of hydrogen-bond donors (Lipinski definition) is 2. The topological polar surface area (TPSA) is 59.6 Å². The molecule has 0 aromatic carbocycles. The Morgan fingerprint density at radius 2 is 2.31 bits per heavy atom. The van der Waals surface area contributed by atoms with E-state index < -0.39 is 0 Å². The van der Waals surface area contributed by atoms with E-state index in [-0.39, 0.29) is 18.3 Å². The quantitative estimate of drug-likeness (QED) is 0.741. The number of carbonyl (C=O) groups excluding carboxylic acids is 1. The number of likely N-dealkylation sites (N-methyl/N-ethyl adjacent to an activating group) is 1. The number of cyclic esters (lactones) is 1. The van der Waals surface area contributed by atoms with Gasteiger partial charge in [-0.1, -0.05) is 12.8 Å². The maximum Gasteiger partial charge on any atom is 0.407 e. The van der Waals surface area contributed by atoms with Crippen molar-refractivity contribution in [3.05, 3.63) is 0 Å². The number of carbonyl (C=O) groups is 1. The maximum absolute atomic E-state index is 10.8. The van der Waals surface area contributed by atoms with Crippen molar-refractivity contribution in [3.63, 3.8) is 0 Å². The van der Waals surface area contributed by atoms with Gasteiger partial charge < -0.3 is 20.1 Å². The van der Waals surface area contributed by atoms with Crippen LogP contribution in [0, 0.1) is 0 Å². The first-order valence-corrected chi connectivity index (χ1v) is 6.03. The van der Waals surface area contributed by atoms with Crippen molar-refractivity contribution in [1.82, 2.24) is 10.6 Å². The lowest BCUT2D eigenvalue weighted by molar-refractivity contribution is -0.0295. The van der Waals surface area contributed by atoms with Gasteiger partial charge in [-0.25, -0.2) is 4.79 Å². The van der Waals surface area contributed by atoms with Crippen molar-refractivity contribution in [2.45, 2.75) is 43.9 Å². The third-order valence-corrected chi connectivity index (χ3v) is 3.32. The average molecular weight is 228 g/mol. The maximum atomic E-state index is 10.8. The van der Waals surface area contributed by atoms with Crippen LogP contribution >= 0.6 is 0 Å². The summed E-state index contributed by atoms with van der Waals surface area (Å²) in [5.41, 5.74) is 0. The second kappa shape index (κ2) is 5.50. The zero-order chi connectivity index (χ0) is 11.4. The first-order valence-electron chi connectivity index (χ1n) is 6.03. The van der Waals surface area contributed by atoms with E-state index in [9.17, 15) is 4.79 Å². The van der Waals surface area contributed by atoms with Gasteiger partial charge in [-0.15, -0.1) is 0 Å². The molecule has 0 aromatic heterocycles. The second-order valence-electron chi connectivity index (χ2n) is 4.46. The van der Waals surface area contributed by atoms with Crippen molar-refractivity contribution in [2.75, 3.05) is 20.2 Å². The van der Waals surface area contributed by atoms with E-state index in [1.165, 1.54) is 19.3 Å². The molecule has 3 unspecified atom stereocenters. The number of amides is 1. The van der Waals surface area contributed by atoms with Gasteiger partial charge in [0.2, 0.25) is 0 Å². The van der Waals surface area contributed by atoms with Gasteiger partial charge in [-0.3, -0.25) is 0 Å². The molecular weight excluding hydrogens is 208 g/mol. The highest BCUT2D eigenvalue weighted by Gasteiger charge is 2.28. The van der Waals surface area contributed by atoms with E-state index in [0.29, 0.717) is 19.2 Å². The van der Waals surface area contributed by atoms with Crippen molar-refractivity contribution in [3.8, 4) is 0 Å². The Morgan fingerprint density at radius 3 is 3.00 bits per heavy atom. The summed E-state index contributed by atoms with van der Waals surface area (Å²) < 4.78 is 10.9. The molecule has 2 N–H and O–H groups in total. The largest absolute Gasteiger partial charge is 0.442 e. The zero-order valence-corrected chi connectivity index (χ0v) is 9.70. The summed E-state index contributed by atoms with van der Waals surface area (Å²) in [6.07, 6.45) is 4.58. The second-order valence-corrected chi connectivity index (χ2v) is 4.46. The van der Waals surface area contributed by atoms with Crippen molar-refractivity contribution < 1.29 is 14.3 Å². The highest BCUT2D eigenvalue weighted by atomic mass is 16.6. The van der Waals surface area contributed by atoms with Crippen LogP contribution in [0.5, 0.6) is 0 Å². The number of hydrogen-bond acceptors (Lipinski definition) is 4. The lowest BCUT2D eigenvalue weighted by Crippen LogP contribution is -2.43. The molecule has 16 heavy (non-hydrogen) atoms. The Hall–Kier alpha value is -0.810. The Morgan fingerprint density at radius 1 is 1.50 bits per heavy atom. The summed E-state index contributed by atoms with van der Waals surface area (Å²) in [5, 5.41) is 5.92. The van der Waals surface area contributed by atoms with Crippen LogP contribution in [0.3, 0.4) is 0 Å². The zero-order valence-electron chi connectivity index (χ0n) is 9.70. The van der Waals surface area contributed by atoms with E-state index in [4.69, 9.17) is 9.47 Å². The van der Waals surface area contributed by atoms with Crippen LogP contribution in [0.1, 0.15) is 25.7 Å². The van der Waals surface area contributed by atoms with Gasteiger partial charge in [-0.2, -0.15) is 0 Å². The Kier molecular flexibility index (Phi) is 4.01. The van der Waals surface area contributed by atoms with E-state index in [2.05, 4.69) is 10.6 Å². The SMILES string of the molecule is CNC1CCCCC1OCC1CNC(=O)O1. The Balaban J connectivity index is 1.73. The molecule has 0 bridgehead atoms. The Bertz CT molecular complexity index is 247. The summed E-state index contributed by atoms with van der Waals surface area (Å²) in [6, 6.07) is 0.443. The molecule has 2 aliphatic rings. The summed E-state index contributed by atoms with van der Waals surface area (Å²) in [6.45, 7) is 1.07. The summed E-state index contributed by atoms with van der Waals surface area (Å²) in [5.74, 6) is 0. The van der Waals surface area contributed by atoms with Gasteiger partial charge in [0.05, 0.1) is 19.3 Å². The summed E-state index contributed by atoms with van der Waals surface area (Å²) in [7, 11) is 1.98. The van der Waals surface area contributed by atoms with Gasteiger partial charge in [0.25, 0.3) is 0 Å². The lowest BCUT2D eigenvalue weighted by Gasteiger charge is -2.31. The van der Waals surface area contributed by atoms with E-state index in [1.807, 2.05) is 7.05 Å². The summed E-state index contributed by atoms with van der Waals surface area (Å²) >= 11 is 0. The Labute approximate surface area is 95.9 Å². The molecule has 1 saturated carbocycles. The minimum Gasteiger partial charge on any atom is -0.442 e. The minimum atomic E-state index is -0.331. The van der Waals surface area contributed by atoms with Crippen LogP contribution in [-0.2, 0) is 9.47 Å². The number of ether oxygens (including phenoxy) is 2. The standard InChI is InChI=1S/C11H20N2O3/c1-12-9-4-2-3-5-10(9)15-7-8-6-13-11(14)16-8/h8-10,12H,2-7H2,1H3,(H,13,14). The predicted molar refractivity (Wildman–Crippen MR) is 59.3 cm³/mol. The molecule has 1 aliphatic carbocycles. The molecule has 1 saturated heterocycles. The van der Waals surface area contributed by atoms with Gasteiger partial charge in [0.1, 0.15) is 6.10 Å². The average Bonchev–Trinajstić information content (AvgIpc) is 2.73. The van der Waals surface area contributed by atoms with Gasteiger partial charge in [-0.05, 0) is 19.9 Å². The molecule has 0 spiro atoms. The first-order chi connectivity index (χ1) is 7.79. The van der Waals surface area contributed by atoms with Crippen molar-refractivity contribution in [1.29, 1.82) is 0 Å². The van der Waals surface area contributed by atoms with Crippen LogP contribution in [0.4, 0.5) is 4.79 Å². The smallest absolute Gasteiger partial charge is 0.407 e. The van der Waals surface area contributed by atoms with Crippen LogP contribution in [0.2, 0.25) is 0 Å². The molecule has 5 heteroatoms. The molecule has 3 atom stereocenters. The van der Waals surface area contributed by atoms with Gasteiger partial charge >= 0.3 is 6.09 Å². The van der Waals surface area contributed by atoms with Gasteiger partial charge in [0, 0.05) is 6.04 Å². The van der Waals surface area contributed by atoms with Crippen LogP contribution < -0.4 is 10.6 Å². The van der Waals surface area contributed by atoms with Crippen LogP contribution in [0.15, 0.2) is 0 Å². The molecule has 5 nitrogen and oxygen atoms in total. The molecule has 2 rings (SSSR count). The highest BCUT2D eigenvalue weighted by Crippen LogP contribution is 2.21. The predicted octanol–water partition coefficient (Wildman–Crippen LogP) is 0.642. The fourth-order valence-corrected chi connectivity index (χ4v) is 2.38. The van der Waals surface area contributed by atoms with E-state index in [1.54, 1.807) is 0 Å². The normalized spacial score (nSPS) is 34.6. The monoisotopic (exact) mass is 228 g/mol. The number of nitrogens with one attached hydrogen (secondary N) is 2. The molecule has 0 aromatic rings. The van der Waals surface area contributed by atoms with Crippen LogP contribution in [-0.4, -0.2) is 44.5 Å². The molecule has 1 aliphatic heterocycles. The number of rotatable bonds is 4. The van der Waals surface area contributed by atoms with Crippen molar-refractivity contribution >= 4 is 6.09 Å². The minimum absolute atomic E-state index is 0.119. The van der Waals surface area contributed by atoms with Crippen molar-refractivity contribution in [2.24, 2.45) is 0 Å². The fraction of sp³-hybridized carbons (Fsp3) is 0.909. The molecule has 92 valence electrons. The van der Waals surface area contributed by atoms with Gasteiger partial charge in [0.15, 0.2) is 0 Å². The fourth-order valence-electron chi connectivity index (χ4n) is 2.38. The lowest BCUT2D eigenvalue weighted by atomic mass is 9.92. The molecule has 1 heterocycles. The third kappa shape index (κ3) is 2.86. The summed E-state index contributed by atoms with van der Waals surface area (Å²) in [4.78, 5) is 10.8. The molecule has 2 fully saturated rings. The molecule has 0 radical (unpaired) electrons. The van der Waals surface area contributed by atoms with E-state index >= 15 is 0 Å². The molecule has 1 amide bonds. The first kappa shape index (κ1) is 11.7. The molecular formula is C11H20N2O3.